The van der Waals surface area contributed by atoms with E-state index in [0.717, 1.165) is 12.8 Å². The normalized spacial score (nSPS) is 28.1. The lowest BCUT2D eigenvalue weighted by Crippen LogP contribution is -2.40. The maximum absolute atomic E-state index is 11.6. The molecule has 0 spiro atoms. The summed E-state index contributed by atoms with van der Waals surface area (Å²) in [6, 6.07) is 0. The lowest BCUT2D eigenvalue weighted by Gasteiger charge is -2.44. The Morgan fingerprint density at radius 2 is 1.95 bits per heavy atom. The van der Waals surface area contributed by atoms with E-state index in [-0.39, 0.29) is 22.5 Å². The number of aromatic hydroxyl groups is 1. The number of aromatic amines is 2. The van der Waals surface area contributed by atoms with Gasteiger partial charge in [-0.05, 0) is 30.1 Å². The molecular weight excluding hydrogens is 286 g/mol. The molecule has 2 rings (SSSR count). The summed E-state index contributed by atoms with van der Waals surface area (Å²) in [5.74, 6) is -0.494. The first-order chi connectivity index (χ1) is 10.1. The topological polar surface area (TPSA) is 119 Å². The first-order valence-electron chi connectivity index (χ1n) is 7.34. The molecule has 1 saturated carbocycles. The number of rotatable bonds is 3. The highest BCUT2D eigenvalue weighted by atomic mass is 16.3. The van der Waals surface area contributed by atoms with Gasteiger partial charge < -0.3 is 10.2 Å². The quantitative estimate of drug-likeness (QED) is 0.616. The molecule has 2 atom stereocenters. The van der Waals surface area contributed by atoms with Gasteiger partial charge in [0, 0.05) is 12.8 Å². The summed E-state index contributed by atoms with van der Waals surface area (Å²) >= 11 is 0. The van der Waals surface area contributed by atoms with Gasteiger partial charge >= 0.3 is 5.69 Å². The van der Waals surface area contributed by atoms with E-state index < -0.39 is 17.1 Å². The lowest BCUT2D eigenvalue weighted by molar-refractivity contribution is -0.00472. The third-order valence-corrected chi connectivity index (χ3v) is 4.07. The molecule has 1 heterocycles. The van der Waals surface area contributed by atoms with Gasteiger partial charge in [0.05, 0.1) is 6.10 Å². The molecule has 4 N–H and O–H groups in total. The Bertz CT molecular complexity index is 689. The van der Waals surface area contributed by atoms with Crippen LogP contribution in [0.4, 0.5) is 0 Å². The van der Waals surface area contributed by atoms with Crippen molar-refractivity contribution in [3.63, 3.8) is 0 Å². The Kier molecular flexibility index (Phi) is 4.28. The van der Waals surface area contributed by atoms with Crippen molar-refractivity contribution >= 4 is 6.21 Å². The van der Waals surface area contributed by atoms with Crippen LogP contribution in [-0.2, 0) is 0 Å². The molecule has 7 heteroatoms. The van der Waals surface area contributed by atoms with Crippen LogP contribution in [0.25, 0.3) is 0 Å². The molecule has 0 saturated heterocycles. The van der Waals surface area contributed by atoms with E-state index in [2.05, 4.69) is 30.7 Å². The van der Waals surface area contributed by atoms with Gasteiger partial charge in [0.1, 0.15) is 5.56 Å². The maximum atomic E-state index is 11.6. The van der Waals surface area contributed by atoms with E-state index in [9.17, 15) is 19.8 Å². The van der Waals surface area contributed by atoms with E-state index in [0.29, 0.717) is 13.0 Å². The van der Waals surface area contributed by atoms with Crippen molar-refractivity contribution in [3.8, 4) is 5.88 Å². The summed E-state index contributed by atoms with van der Waals surface area (Å²) < 4.78 is 0. The molecule has 7 nitrogen and oxygen atoms in total. The molecule has 1 aromatic rings. The fourth-order valence-corrected chi connectivity index (χ4v) is 3.66. The number of aliphatic hydroxyl groups is 1. The minimum absolute atomic E-state index is 0.0412. The Morgan fingerprint density at radius 3 is 2.55 bits per heavy atom. The summed E-state index contributed by atoms with van der Waals surface area (Å²) in [5.41, 5.74) is -1.64. The standard InChI is InChI=1S/C15H23N3O4/c1-14(2)4-9(19)5-15(3,7-14)8-16-6-10-11(20)17-13(22)18-12(10)21/h6,9,19H,4-5,7-8H2,1-3H3,(H3,17,18,20,21,22). The number of aromatic nitrogens is 2. The van der Waals surface area contributed by atoms with Gasteiger partial charge in [0.15, 0.2) is 0 Å². The van der Waals surface area contributed by atoms with Crippen LogP contribution >= 0.6 is 0 Å². The molecule has 0 bridgehead atoms. The molecule has 22 heavy (non-hydrogen) atoms. The minimum Gasteiger partial charge on any atom is -0.494 e. The minimum atomic E-state index is -0.760. The van der Waals surface area contributed by atoms with Crippen molar-refractivity contribution in [2.45, 2.75) is 46.1 Å². The second-order valence-electron chi connectivity index (χ2n) is 7.35. The highest BCUT2D eigenvalue weighted by Crippen LogP contribution is 2.46. The number of aliphatic imine (C=N–C) groups is 1. The average molecular weight is 309 g/mol. The smallest absolute Gasteiger partial charge is 0.328 e. The maximum Gasteiger partial charge on any atom is 0.328 e. The number of H-pyrrole nitrogens is 2. The highest BCUT2D eigenvalue weighted by Gasteiger charge is 2.40. The van der Waals surface area contributed by atoms with Crippen molar-refractivity contribution in [3.05, 3.63) is 26.4 Å². The molecule has 1 aliphatic carbocycles. The number of hydrogen-bond donors (Lipinski definition) is 4. The predicted octanol–water partition coefficient (Wildman–Crippen LogP) is 0.765. The summed E-state index contributed by atoms with van der Waals surface area (Å²) in [4.78, 5) is 31.0. The fourth-order valence-electron chi connectivity index (χ4n) is 3.66. The third-order valence-electron chi connectivity index (χ3n) is 4.07. The summed E-state index contributed by atoms with van der Waals surface area (Å²) in [6.07, 6.45) is 3.26. The average Bonchev–Trinajstić information content (AvgIpc) is 2.28. The molecule has 2 unspecified atom stereocenters. The van der Waals surface area contributed by atoms with Crippen LogP contribution in [0.3, 0.4) is 0 Å². The van der Waals surface area contributed by atoms with E-state index >= 15 is 0 Å². The van der Waals surface area contributed by atoms with Crippen molar-refractivity contribution in [2.24, 2.45) is 15.8 Å². The van der Waals surface area contributed by atoms with Gasteiger partial charge in [-0.1, -0.05) is 20.8 Å². The lowest BCUT2D eigenvalue weighted by atomic mass is 9.63. The summed E-state index contributed by atoms with van der Waals surface area (Å²) in [7, 11) is 0. The number of hydrogen-bond acceptors (Lipinski definition) is 5. The van der Waals surface area contributed by atoms with Crippen molar-refractivity contribution in [1.82, 2.24) is 9.97 Å². The zero-order valence-electron chi connectivity index (χ0n) is 13.1. The molecule has 1 aliphatic rings. The Balaban J connectivity index is 2.15. The molecule has 122 valence electrons. The zero-order valence-corrected chi connectivity index (χ0v) is 13.1. The summed E-state index contributed by atoms with van der Waals surface area (Å²) in [6.45, 7) is 6.74. The van der Waals surface area contributed by atoms with Crippen LogP contribution in [-0.4, -0.2) is 39.0 Å². The molecule has 0 radical (unpaired) electrons. The van der Waals surface area contributed by atoms with Crippen molar-refractivity contribution < 1.29 is 10.2 Å². The highest BCUT2D eigenvalue weighted by molar-refractivity contribution is 5.81. The zero-order chi connectivity index (χ0) is 16.5. The second kappa shape index (κ2) is 5.72. The number of aliphatic hydroxyl groups excluding tert-OH is 1. The number of nitrogens with zero attached hydrogens (tertiary/aromatic N) is 1. The molecule has 1 aromatic heterocycles. The SMILES string of the molecule is CC1(C)CC(O)CC(C)(CN=Cc2c(O)[nH]c(=O)[nH]c2=O)C1. The Morgan fingerprint density at radius 1 is 1.27 bits per heavy atom. The van der Waals surface area contributed by atoms with E-state index in [1.165, 1.54) is 6.21 Å². The monoisotopic (exact) mass is 309 g/mol. The van der Waals surface area contributed by atoms with Crippen molar-refractivity contribution in [2.75, 3.05) is 6.54 Å². The van der Waals surface area contributed by atoms with Crippen LogP contribution in [0.5, 0.6) is 5.88 Å². The van der Waals surface area contributed by atoms with Gasteiger partial charge in [-0.15, -0.1) is 0 Å². The van der Waals surface area contributed by atoms with Gasteiger partial charge in [-0.3, -0.25) is 19.8 Å². The fraction of sp³-hybridized carbons (Fsp3) is 0.667. The van der Waals surface area contributed by atoms with Crippen molar-refractivity contribution in [1.29, 1.82) is 0 Å². The van der Waals surface area contributed by atoms with Crippen LogP contribution in [0, 0.1) is 10.8 Å². The van der Waals surface area contributed by atoms with Gasteiger partial charge in [-0.25, -0.2) is 4.79 Å². The Hall–Kier alpha value is -1.89. The van der Waals surface area contributed by atoms with Gasteiger partial charge in [0.2, 0.25) is 5.88 Å². The molecule has 1 fully saturated rings. The van der Waals surface area contributed by atoms with E-state index in [1.54, 1.807) is 0 Å². The second-order valence-corrected chi connectivity index (χ2v) is 7.35. The van der Waals surface area contributed by atoms with Gasteiger partial charge in [-0.2, -0.15) is 0 Å². The molecule has 0 amide bonds. The Labute approximate surface area is 128 Å². The predicted molar refractivity (Wildman–Crippen MR) is 83.6 cm³/mol. The van der Waals surface area contributed by atoms with Gasteiger partial charge in [0.25, 0.3) is 5.56 Å². The molecular formula is C15H23N3O4. The van der Waals surface area contributed by atoms with Crippen LogP contribution in [0.2, 0.25) is 0 Å². The van der Waals surface area contributed by atoms with Crippen LogP contribution < -0.4 is 11.2 Å². The largest absolute Gasteiger partial charge is 0.494 e. The first-order valence-corrected chi connectivity index (χ1v) is 7.34. The van der Waals surface area contributed by atoms with Crippen LogP contribution in [0.15, 0.2) is 14.6 Å². The van der Waals surface area contributed by atoms with E-state index in [1.807, 2.05) is 4.98 Å². The summed E-state index contributed by atoms with van der Waals surface area (Å²) in [5, 5.41) is 19.6. The molecule has 0 aromatic carbocycles. The third kappa shape index (κ3) is 3.85. The molecule has 0 aliphatic heterocycles. The van der Waals surface area contributed by atoms with E-state index in [4.69, 9.17) is 0 Å². The van der Waals surface area contributed by atoms with Crippen LogP contribution in [0.1, 0.15) is 45.6 Å². The first kappa shape index (κ1) is 16.5. The number of nitrogens with one attached hydrogen (secondary N) is 2.